The van der Waals surface area contributed by atoms with Crippen molar-refractivity contribution < 1.29 is 0 Å². The molecule has 0 radical (unpaired) electrons. The predicted octanol–water partition coefficient (Wildman–Crippen LogP) is 18.1. The zero-order chi connectivity index (χ0) is 46.8. The molecule has 0 aliphatic heterocycles. The Labute approximate surface area is 412 Å². The Morgan fingerprint density at radius 3 is 0.861 bits per heavy atom. The van der Waals surface area contributed by atoms with E-state index >= 15 is 0 Å². The van der Waals surface area contributed by atoms with Gasteiger partial charge < -0.3 is 17.9 Å². The molecule has 17 rings (SSSR count). The molecule has 332 valence electrons. The summed E-state index contributed by atoms with van der Waals surface area (Å²) in [5, 5.41) is 15.2. The molecular formula is C68H40N4. The molecule has 0 saturated carbocycles. The van der Waals surface area contributed by atoms with E-state index < -0.39 is 0 Å². The van der Waals surface area contributed by atoms with E-state index in [0.717, 1.165) is 11.4 Å². The summed E-state index contributed by atoms with van der Waals surface area (Å²) in [6.07, 6.45) is 0. The molecule has 0 aliphatic carbocycles. The highest BCUT2D eigenvalue weighted by atomic mass is 15.0. The third-order valence-corrected chi connectivity index (χ3v) is 16.1. The van der Waals surface area contributed by atoms with Crippen LogP contribution in [-0.2, 0) is 0 Å². The Hall–Kier alpha value is -9.64. The number of benzene rings is 12. The Morgan fingerprint density at radius 2 is 0.500 bits per heavy atom. The van der Waals surface area contributed by atoms with Crippen molar-refractivity contribution in [3.8, 4) is 33.6 Å². The lowest BCUT2D eigenvalue weighted by Gasteiger charge is -2.13. The fourth-order valence-electron chi connectivity index (χ4n) is 13.1. The van der Waals surface area contributed by atoms with Gasteiger partial charge in [0.05, 0.1) is 55.2 Å². The summed E-state index contributed by atoms with van der Waals surface area (Å²) >= 11 is 0. The summed E-state index contributed by atoms with van der Waals surface area (Å²) in [7, 11) is 0. The minimum atomic E-state index is 1.15. The number of rotatable bonds is 4. The van der Waals surface area contributed by atoms with Crippen molar-refractivity contribution in [3.63, 3.8) is 0 Å². The molecule has 5 aromatic heterocycles. The van der Waals surface area contributed by atoms with Crippen LogP contribution in [0.4, 0.5) is 0 Å². The highest BCUT2D eigenvalue weighted by molar-refractivity contribution is 6.31. The van der Waals surface area contributed by atoms with Crippen molar-refractivity contribution in [2.24, 2.45) is 0 Å². The Kier molecular flexibility index (Phi) is 7.44. The molecular weight excluding hydrogens is 873 g/mol. The molecule has 5 heterocycles. The maximum atomic E-state index is 2.57. The third kappa shape index (κ3) is 4.90. The van der Waals surface area contributed by atoms with Gasteiger partial charge in [0, 0.05) is 54.5 Å². The van der Waals surface area contributed by atoms with Crippen molar-refractivity contribution in [2.45, 2.75) is 0 Å². The predicted molar refractivity (Wildman–Crippen MR) is 304 cm³/mol. The summed E-state index contributed by atoms with van der Waals surface area (Å²) in [4.78, 5) is 0. The zero-order valence-corrected chi connectivity index (χ0v) is 38.9. The number of hydrogen-bond donors (Lipinski definition) is 0. The fraction of sp³-hybridized carbons (Fsp3) is 0. The monoisotopic (exact) mass is 912 g/mol. The van der Waals surface area contributed by atoms with Gasteiger partial charge in [-0.1, -0.05) is 170 Å². The third-order valence-electron chi connectivity index (χ3n) is 16.1. The second kappa shape index (κ2) is 14.0. The van der Waals surface area contributed by atoms with Crippen LogP contribution in [0.2, 0.25) is 0 Å². The van der Waals surface area contributed by atoms with Crippen LogP contribution in [0.3, 0.4) is 0 Å². The van der Waals surface area contributed by atoms with Crippen molar-refractivity contribution in [2.75, 3.05) is 0 Å². The number of hydrogen-bond acceptors (Lipinski definition) is 0. The normalized spacial score (nSPS) is 12.4. The SMILES string of the molecule is c1ccc2c(c1)c(-c1ccc(-n3c4ccccc4c4ccccc43)cc1)cc1c2c2cccc3c2n1c1cccc2c4c5ccccc5c(-c5ccc(-n6c7ccccc7c7ccccc76)cc5)cc4n3c21. The smallest absolute Gasteiger partial charge is 0.0783 e. The standard InChI is InChI=1S/C68H40N4/c1-3-21-51-45(15-1)55(41-31-35-43(36-32-41)69-57-25-9-5-17-47(57)48-18-6-10-26-58(48)69)39-63-65(51)53-23-13-29-61-67(53)71(63)62-30-14-24-54-66-52-22-4-2-16-46(52)56(40-64(66)72(61)68(54)62)42-33-37-44(38-34-42)70-59-27-11-7-19-49(59)50-20-8-12-28-60(50)70/h1-40H. The van der Waals surface area contributed by atoms with Gasteiger partial charge >= 0.3 is 0 Å². The van der Waals surface area contributed by atoms with Crippen molar-refractivity contribution in [1.29, 1.82) is 0 Å². The molecule has 0 spiro atoms. The average molecular weight is 913 g/mol. The van der Waals surface area contributed by atoms with Gasteiger partial charge in [-0.15, -0.1) is 0 Å². The molecule has 0 aliphatic rings. The lowest BCUT2D eigenvalue weighted by atomic mass is 9.94. The van der Waals surface area contributed by atoms with Gasteiger partial charge in [-0.3, -0.25) is 0 Å². The number of aromatic nitrogens is 4. The first kappa shape index (κ1) is 38.2. The molecule has 4 nitrogen and oxygen atoms in total. The summed E-state index contributed by atoms with van der Waals surface area (Å²) in [5.41, 5.74) is 19.3. The van der Waals surface area contributed by atoms with Gasteiger partial charge in [0.1, 0.15) is 0 Å². The van der Waals surface area contributed by atoms with Crippen LogP contribution in [0.15, 0.2) is 243 Å². The molecule has 0 N–H and O–H groups in total. The van der Waals surface area contributed by atoms with E-state index in [4.69, 9.17) is 0 Å². The van der Waals surface area contributed by atoms with Crippen LogP contribution in [0.25, 0.3) is 153 Å². The molecule has 12 aromatic carbocycles. The summed E-state index contributed by atoms with van der Waals surface area (Å²) in [5.74, 6) is 0. The number of fused-ring (bicyclic) bond motifs is 18. The van der Waals surface area contributed by atoms with E-state index in [2.05, 4.69) is 261 Å². The maximum absolute atomic E-state index is 2.57. The van der Waals surface area contributed by atoms with Gasteiger partial charge in [0.15, 0.2) is 0 Å². The maximum Gasteiger partial charge on any atom is 0.0783 e. The molecule has 0 saturated heterocycles. The summed E-state index contributed by atoms with van der Waals surface area (Å²) in [6, 6.07) is 90.2. The molecule has 72 heavy (non-hydrogen) atoms. The Balaban J connectivity index is 0.898. The largest absolute Gasteiger partial charge is 0.309 e. The second-order valence-electron chi connectivity index (χ2n) is 19.6. The molecule has 0 atom stereocenters. The molecule has 0 unspecified atom stereocenters. The van der Waals surface area contributed by atoms with E-state index in [1.54, 1.807) is 0 Å². The molecule has 4 heteroatoms. The van der Waals surface area contributed by atoms with Crippen molar-refractivity contribution in [1.82, 2.24) is 17.9 Å². The molecule has 17 aromatic rings. The van der Waals surface area contributed by atoms with E-state index in [0.29, 0.717) is 0 Å². The first-order valence-electron chi connectivity index (χ1n) is 24.9. The molecule has 0 bridgehead atoms. The highest BCUT2D eigenvalue weighted by Gasteiger charge is 2.25. The number of nitrogens with zero attached hydrogens (tertiary/aromatic N) is 4. The van der Waals surface area contributed by atoms with Crippen molar-refractivity contribution >= 4 is 120 Å². The van der Waals surface area contributed by atoms with E-state index in [-0.39, 0.29) is 0 Å². The lowest BCUT2D eigenvalue weighted by molar-refractivity contribution is 1.18. The van der Waals surface area contributed by atoms with Crippen LogP contribution < -0.4 is 0 Å². The first-order valence-corrected chi connectivity index (χ1v) is 24.9. The van der Waals surface area contributed by atoms with Gasteiger partial charge in [0.2, 0.25) is 0 Å². The lowest BCUT2D eigenvalue weighted by Crippen LogP contribution is -1.97. The topological polar surface area (TPSA) is 18.7 Å². The molecule has 0 amide bonds. The zero-order valence-electron chi connectivity index (χ0n) is 38.9. The average Bonchev–Trinajstić information content (AvgIpc) is 4.18. The second-order valence-corrected chi connectivity index (χ2v) is 19.6. The van der Waals surface area contributed by atoms with Crippen LogP contribution in [0, 0.1) is 0 Å². The van der Waals surface area contributed by atoms with Gasteiger partial charge in [0.25, 0.3) is 0 Å². The van der Waals surface area contributed by atoms with E-state index in [1.807, 2.05) is 0 Å². The minimum absolute atomic E-state index is 1.15. The van der Waals surface area contributed by atoms with Gasteiger partial charge in [-0.25, -0.2) is 0 Å². The van der Waals surface area contributed by atoms with Gasteiger partial charge in [-0.2, -0.15) is 0 Å². The fourth-order valence-corrected chi connectivity index (χ4v) is 13.1. The minimum Gasteiger partial charge on any atom is -0.309 e. The highest BCUT2D eigenvalue weighted by Crippen LogP contribution is 2.47. The molecule has 0 fully saturated rings. The van der Waals surface area contributed by atoms with Gasteiger partial charge in [-0.05, 0) is 117 Å². The quantitative estimate of drug-likeness (QED) is 0.157. The Bertz CT molecular complexity index is 4700. The van der Waals surface area contributed by atoms with Crippen molar-refractivity contribution in [3.05, 3.63) is 243 Å². The van der Waals surface area contributed by atoms with Crippen LogP contribution in [-0.4, -0.2) is 17.9 Å². The summed E-state index contributed by atoms with van der Waals surface area (Å²) < 4.78 is 9.94. The van der Waals surface area contributed by atoms with Crippen LogP contribution in [0.1, 0.15) is 0 Å². The summed E-state index contributed by atoms with van der Waals surface area (Å²) in [6.45, 7) is 0. The van der Waals surface area contributed by atoms with E-state index in [9.17, 15) is 0 Å². The van der Waals surface area contributed by atoms with Crippen LogP contribution >= 0.6 is 0 Å². The van der Waals surface area contributed by atoms with Crippen LogP contribution in [0.5, 0.6) is 0 Å². The number of para-hydroxylation sites is 6. The van der Waals surface area contributed by atoms with E-state index in [1.165, 1.54) is 142 Å². The Morgan fingerprint density at radius 1 is 0.208 bits per heavy atom. The first-order chi connectivity index (χ1) is 35.8.